The topological polar surface area (TPSA) is 56.7 Å². The molecule has 57 heavy (non-hydrogen) atoms. The number of nitrogens with one attached hydrogen (secondary N) is 1. The third kappa shape index (κ3) is 6.01. The van der Waals surface area contributed by atoms with E-state index in [9.17, 15) is 5.41 Å². The molecule has 0 saturated carbocycles. The van der Waals surface area contributed by atoms with E-state index in [1.54, 1.807) is 0 Å². The van der Waals surface area contributed by atoms with Crippen LogP contribution in [0.2, 0.25) is 0 Å². The largest absolute Gasteiger partial charge is 0.333 e. The Balaban J connectivity index is 1.10. The Kier molecular flexibility index (Phi) is 8.41. The number of nitrogens with zero attached hydrogens (tertiary/aromatic N) is 4. The highest BCUT2D eigenvalue weighted by Gasteiger charge is 2.46. The van der Waals surface area contributed by atoms with Crippen LogP contribution in [0.3, 0.4) is 0 Å². The third-order valence-corrected chi connectivity index (χ3v) is 11.4. The monoisotopic (exact) mass is 733 g/mol. The molecule has 0 saturated heterocycles. The summed E-state index contributed by atoms with van der Waals surface area (Å²) >= 11 is 0. The molecule has 8 aromatic rings. The number of aromatic nitrogens is 1. The maximum absolute atomic E-state index is 9.40. The van der Waals surface area contributed by atoms with Gasteiger partial charge in [0.2, 0.25) is 0 Å². The number of fused-ring (bicyclic) bond motifs is 6. The van der Waals surface area contributed by atoms with E-state index in [0.29, 0.717) is 11.4 Å². The molecule has 7 aromatic carbocycles. The predicted octanol–water partition coefficient (Wildman–Crippen LogP) is 12.2. The van der Waals surface area contributed by atoms with Crippen molar-refractivity contribution < 1.29 is 0 Å². The molecule has 1 aliphatic heterocycles. The van der Waals surface area contributed by atoms with Crippen molar-refractivity contribution >= 4 is 51.1 Å². The molecule has 2 atom stereocenters. The van der Waals surface area contributed by atoms with Crippen LogP contribution in [0.1, 0.15) is 29.2 Å². The van der Waals surface area contributed by atoms with E-state index in [1.165, 1.54) is 27.7 Å². The summed E-state index contributed by atoms with van der Waals surface area (Å²) < 4.78 is 2.34. The summed E-state index contributed by atoms with van der Waals surface area (Å²) in [6, 6.07) is 61.0. The fourth-order valence-corrected chi connectivity index (χ4v) is 8.55. The Labute approximate surface area is 332 Å². The standard InChI is InChI=1S/C52H39N5/c1-52-30-14-13-29-49(52)57(41-24-9-4-10-25-41)48-34-47-44(33-45(48)52)43-27-11-12-28-46(43)56(47)42-26-16-22-39(32-42)50(53)55-51(54-35-36-17-5-2-6-18-36)40-23-15-21-38(31-40)37-19-7-3-8-20-37/h2-35,49,53H,1H3/b53-50?,54-35+,55-51-. The summed E-state index contributed by atoms with van der Waals surface area (Å²) in [4.78, 5) is 12.3. The molecule has 0 spiro atoms. The van der Waals surface area contributed by atoms with E-state index in [4.69, 9.17) is 9.98 Å². The maximum Gasteiger partial charge on any atom is 0.161 e. The number of benzene rings is 7. The van der Waals surface area contributed by atoms with Crippen LogP contribution in [0, 0.1) is 5.41 Å². The zero-order chi connectivity index (χ0) is 38.3. The average Bonchev–Trinajstić information content (AvgIpc) is 3.73. The van der Waals surface area contributed by atoms with Crippen molar-refractivity contribution in [3.8, 4) is 16.8 Å². The van der Waals surface area contributed by atoms with E-state index < -0.39 is 0 Å². The molecule has 1 N–H and O–H groups in total. The summed E-state index contributed by atoms with van der Waals surface area (Å²) in [6.07, 6.45) is 10.9. The fraction of sp³-hybridized carbons (Fsp3) is 0.0577. The molecule has 0 amide bonds. The summed E-state index contributed by atoms with van der Waals surface area (Å²) in [5.41, 5.74) is 11.4. The van der Waals surface area contributed by atoms with Gasteiger partial charge in [0.25, 0.3) is 0 Å². The number of allylic oxidation sites excluding steroid dienone is 2. The van der Waals surface area contributed by atoms with Gasteiger partial charge >= 0.3 is 0 Å². The number of anilines is 2. The molecular formula is C52H39N5. The van der Waals surface area contributed by atoms with Crippen LogP contribution in [0.15, 0.2) is 210 Å². The first kappa shape index (κ1) is 34.1. The Morgan fingerprint density at radius 3 is 2.12 bits per heavy atom. The molecule has 1 aromatic heterocycles. The number of amidine groups is 2. The van der Waals surface area contributed by atoms with E-state index in [2.05, 4.69) is 144 Å². The molecule has 1 aliphatic carbocycles. The van der Waals surface area contributed by atoms with E-state index in [1.807, 2.05) is 79.0 Å². The van der Waals surface area contributed by atoms with Crippen molar-refractivity contribution in [1.82, 2.24) is 4.57 Å². The first-order chi connectivity index (χ1) is 28.0. The highest BCUT2D eigenvalue weighted by Crippen LogP contribution is 2.53. The van der Waals surface area contributed by atoms with Gasteiger partial charge in [-0.1, -0.05) is 152 Å². The van der Waals surface area contributed by atoms with Crippen molar-refractivity contribution in [2.45, 2.75) is 18.4 Å². The van der Waals surface area contributed by atoms with Gasteiger partial charge in [-0.3, -0.25) is 5.41 Å². The average molecular weight is 734 g/mol. The Hall–Kier alpha value is -7.37. The van der Waals surface area contributed by atoms with Gasteiger partial charge in [-0.25, -0.2) is 9.98 Å². The zero-order valence-corrected chi connectivity index (χ0v) is 31.5. The van der Waals surface area contributed by atoms with Crippen molar-refractivity contribution in [1.29, 1.82) is 5.41 Å². The molecule has 2 aliphatic rings. The summed E-state index contributed by atoms with van der Waals surface area (Å²) in [6.45, 7) is 2.36. The van der Waals surface area contributed by atoms with Gasteiger partial charge in [-0.15, -0.1) is 0 Å². The van der Waals surface area contributed by atoms with Crippen molar-refractivity contribution in [3.63, 3.8) is 0 Å². The maximum atomic E-state index is 9.40. The molecule has 5 heteroatoms. The van der Waals surface area contributed by atoms with Gasteiger partial charge in [0.1, 0.15) is 0 Å². The minimum Gasteiger partial charge on any atom is -0.333 e. The lowest BCUT2D eigenvalue weighted by atomic mass is 9.76. The van der Waals surface area contributed by atoms with Crippen molar-refractivity contribution in [2.24, 2.45) is 9.98 Å². The molecular weight excluding hydrogens is 695 g/mol. The third-order valence-electron chi connectivity index (χ3n) is 11.4. The number of aliphatic imine (C=N–C) groups is 2. The van der Waals surface area contributed by atoms with Gasteiger partial charge in [0.05, 0.1) is 17.1 Å². The van der Waals surface area contributed by atoms with E-state index in [0.717, 1.165) is 39.0 Å². The van der Waals surface area contributed by atoms with Crippen LogP contribution in [0.4, 0.5) is 11.4 Å². The lowest BCUT2D eigenvalue weighted by Crippen LogP contribution is -2.39. The molecule has 0 fully saturated rings. The molecule has 10 rings (SSSR count). The number of hydrogen-bond acceptors (Lipinski definition) is 2. The summed E-state index contributed by atoms with van der Waals surface area (Å²) in [5.74, 6) is 0.605. The van der Waals surface area contributed by atoms with Crippen LogP contribution in [-0.4, -0.2) is 28.5 Å². The molecule has 272 valence electrons. The molecule has 2 heterocycles. The normalized spacial score (nSPS) is 17.4. The smallest absolute Gasteiger partial charge is 0.161 e. The van der Waals surface area contributed by atoms with Gasteiger partial charge in [0, 0.05) is 50.6 Å². The van der Waals surface area contributed by atoms with Crippen LogP contribution in [0.25, 0.3) is 38.6 Å². The first-order valence-corrected chi connectivity index (χ1v) is 19.4. The summed E-state index contributed by atoms with van der Waals surface area (Å²) in [5, 5.41) is 11.8. The Bertz CT molecular complexity index is 2940. The van der Waals surface area contributed by atoms with E-state index in [-0.39, 0.29) is 17.3 Å². The van der Waals surface area contributed by atoms with Crippen LogP contribution >= 0.6 is 0 Å². The predicted molar refractivity (Wildman–Crippen MR) is 238 cm³/mol. The number of hydrogen-bond donors (Lipinski definition) is 1. The van der Waals surface area contributed by atoms with Gasteiger partial charge < -0.3 is 9.47 Å². The highest BCUT2D eigenvalue weighted by atomic mass is 15.2. The highest BCUT2D eigenvalue weighted by molar-refractivity contribution is 6.14. The van der Waals surface area contributed by atoms with Gasteiger partial charge in [-0.05, 0) is 77.7 Å². The molecule has 0 bridgehead atoms. The fourth-order valence-electron chi connectivity index (χ4n) is 8.55. The molecule has 0 radical (unpaired) electrons. The minimum absolute atomic E-state index is 0.134. The zero-order valence-electron chi connectivity index (χ0n) is 31.5. The lowest BCUT2D eigenvalue weighted by molar-refractivity contribution is 0.551. The Morgan fingerprint density at radius 2 is 1.30 bits per heavy atom. The van der Waals surface area contributed by atoms with Crippen LogP contribution < -0.4 is 4.90 Å². The van der Waals surface area contributed by atoms with Gasteiger partial charge in [0.15, 0.2) is 11.7 Å². The van der Waals surface area contributed by atoms with Crippen molar-refractivity contribution in [2.75, 3.05) is 4.90 Å². The SMILES string of the molecule is CC12C=CC=CC1N(c1ccccc1)c1cc3c(cc12)c1ccccc1n3-c1cccc(C(=N)/N=C(\N=C\c2ccccc2)c2cccc(-c3ccccc3)c2)c1. The Morgan fingerprint density at radius 1 is 0.614 bits per heavy atom. The minimum atomic E-state index is -0.189. The second-order valence-electron chi connectivity index (χ2n) is 14.9. The van der Waals surface area contributed by atoms with Gasteiger partial charge in [-0.2, -0.15) is 0 Å². The summed E-state index contributed by atoms with van der Waals surface area (Å²) in [7, 11) is 0. The lowest BCUT2D eigenvalue weighted by Gasteiger charge is -2.34. The number of para-hydroxylation sites is 2. The second kappa shape index (κ2) is 14.0. The second-order valence-corrected chi connectivity index (χ2v) is 14.9. The number of rotatable bonds is 6. The van der Waals surface area contributed by atoms with Crippen LogP contribution in [-0.2, 0) is 5.41 Å². The molecule has 5 nitrogen and oxygen atoms in total. The first-order valence-electron chi connectivity index (χ1n) is 19.4. The van der Waals surface area contributed by atoms with E-state index >= 15 is 0 Å². The van der Waals surface area contributed by atoms with Crippen LogP contribution in [0.5, 0.6) is 0 Å². The molecule has 2 unspecified atom stereocenters. The quantitative estimate of drug-likeness (QED) is 0.134. The van der Waals surface area contributed by atoms with Crippen molar-refractivity contribution in [3.05, 3.63) is 222 Å².